The van der Waals surface area contributed by atoms with Crippen LogP contribution < -0.4 is 9.47 Å². The highest BCUT2D eigenvalue weighted by atomic mass is 35.5. The molecule has 0 aromatic heterocycles. The average Bonchev–Trinajstić information content (AvgIpc) is 3.06. The number of carbonyl (C=O) groups is 2. The summed E-state index contributed by atoms with van der Waals surface area (Å²) in [6.07, 6.45) is 0.964. The van der Waals surface area contributed by atoms with Crippen LogP contribution in [0.15, 0.2) is 72.8 Å². The van der Waals surface area contributed by atoms with Crippen LogP contribution >= 0.6 is 11.6 Å². The molecular weight excluding hydrogens is 400 g/mol. The summed E-state index contributed by atoms with van der Waals surface area (Å²) in [5, 5.41) is 0.558. The second-order valence-corrected chi connectivity index (χ2v) is 7.57. The van der Waals surface area contributed by atoms with Gasteiger partial charge in [0.2, 0.25) is 11.4 Å². The maximum Gasteiger partial charge on any atom is 0.215 e. The maximum absolute atomic E-state index is 13.8. The molecule has 30 heavy (non-hydrogen) atoms. The molecule has 3 aromatic carbocycles. The van der Waals surface area contributed by atoms with Crippen molar-refractivity contribution in [1.82, 2.24) is 0 Å². The zero-order valence-electron chi connectivity index (χ0n) is 16.5. The molecule has 152 valence electrons. The van der Waals surface area contributed by atoms with Crippen molar-refractivity contribution < 1.29 is 19.1 Å². The molecule has 1 aliphatic rings. The Hall–Kier alpha value is -3.11. The van der Waals surface area contributed by atoms with Gasteiger partial charge >= 0.3 is 0 Å². The third-order valence-corrected chi connectivity index (χ3v) is 5.67. The number of fused-ring (bicyclic) bond motifs is 1. The Kier molecular flexibility index (Phi) is 5.60. The third kappa shape index (κ3) is 3.37. The molecule has 0 N–H and O–H groups in total. The van der Waals surface area contributed by atoms with Gasteiger partial charge in [0.1, 0.15) is 17.8 Å². The topological polar surface area (TPSA) is 52.6 Å². The van der Waals surface area contributed by atoms with E-state index in [0.717, 1.165) is 11.8 Å². The standard InChI is InChI=1S/C25H21ClO4/c1-2-29-20-12-13-21-23(16-20)30-25(24(21)28,18-8-10-19(26)11-9-18)22(14-15-27)17-6-4-3-5-7-17/h3-13,15-16,22H,2,14H2,1H3. The Labute approximate surface area is 180 Å². The van der Waals surface area contributed by atoms with E-state index in [4.69, 9.17) is 21.1 Å². The second kappa shape index (κ2) is 8.33. The van der Waals surface area contributed by atoms with Crippen LogP contribution in [0.1, 0.15) is 40.7 Å². The minimum atomic E-state index is -1.37. The van der Waals surface area contributed by atoms with Crippen molar-refractivity contribution in [2.24, 2.45) is 0 Å². The molecule has 1 aliphatic heterocycles. The Bertz CT molecular complexity index is 1060. The largest absolute Gasteiger partial charge is 0.494 e. The summed E-state index contributed by atoms with van der Waals surface area (Å²) in [7, 11) is 0. The van der Waals surface area contributed by atoms with E-state index in [1.54, 1.807) is 42.5 Å². The minimum Gasteiger partial charge on any atom is -0.494 e. The molecule has 1 heterocycles. The monoisotopic (exact) mass is 420 g/mol. The minimum absolute atomic E-state index is 0.130. The third-order valence-electron chi connectivity index (χ3n) is 5.41. The summed E-state index contributed by atoms with van der Waals surface area (Å²) in [6.45, 7) is 2.40. The number of ether oxygens (including phenoxy) is 2. The van der Waals surface area contributed by atoms with Crippen molar-refractivity contribution in [3.05, 3.63) is 94.5 Å². The van der Waals surface area contributed by atoms with Gasteiger partial charge in [0.15, 0.2) is 0 Å². The molecule has 0 saturated carbocycles. The van der Waals surface area contributed by atoms with Crippen LogP contribution in [0.25, 0.3) is 0 Å². The van der Waals surface area contributed by atoms with Gasteiger partial charge in [-0.15, -0.1) is 0 Å². The predicted octanol–water partition coefficient (Wildman–Crippen LogP) is 5.58. The van der Waals surface area contributed by atoms with Gasteiger partial charge in [-0.1, -0.05) is 54.1 Å². The van der Waals surface area contributed by atoms with E-state index in [0.29, 0.717) is 34.3 Å². The molecule has 2 atom stereocenters. The summed E-state index contributed by atoms with van der Waals surface area (Å²) in [4.78, 5) is 25.5. The van der Waals surface area contributed by atoms with Crippen molar-refractivity contribution in [2.75, 3.05) is 6.61 Å². The lowest BCUT2D eigenvalue weighted by molar-refractivity contribution is -0.109. The lowest BCUT2D eigenvalue weighted by atomic mass is 9.72. The van der Waals surface area contributed by atoms with Crippen LogP contribution in [-0.2, 0) is 10.4 Å². The molecule has 0 spiro atoms. The van der Waals surface area contributed by atoms with E-state index in [2.05, 4.69) is 0 Å². The van der Waals surface area contributed by atoms with E-state index in [-0.39, 0.29) is 12.2 Å². The number of aldehydes is 1. The highest BCUT2D eigenvalue weighted by Crippen LogP contribution is 2.51. The normalized spacial score (nSPS) is 18.4. The predicted molar refractivity (Wildman–Crippen MR) is 116 cm³/mol. The molecule has 5 heteroatoms. The van der Waals surface area contributed by atoms with Gasteiger partial charge in [-0.3, -0.25) is 4.79 Å². The Morgan fingerprint density at radius 1 is 1.07 bits per heavy atom. The van der Waals surface area contributed by atoms with Gasteiger partial charge in [0.25, 0.3) is 0 Å². The van der Waals surface area contributed by atoms with Gasteiger partial charge in [-0.05, 0) is 36.8 Å². The lowest BCUT2D eigenvalue weighted by Gasteiger charge is -2.35. The van der Waals surface area contributed by atoms with Crippen LogP contribution in [-0.4, -0.2) is 18.7 Å². The van der Waals surface area contributed by atoms with E-state index in [9.17, 15) is 9.59 Å². The Balaban J connectivity index is 1.92. The van der Waals surface area contributed by atoms with Crippen molar-refractivity contribution in [2.45, 2.75) is 24.9 Å². The van der Waals surface area contributed by atoms with E-state index in [1.807, 2.05) is 37.3 Å². The summed E-state index contributed by atoms with van der Waals surface area (Å²) in [5.41, 5.74) is 0.604. The highest BCUT2D eigenvalue weighted by molar-refractivity contribution is 6.30. The van der Waals surface area contributed by atoms with Crippen LogP contribution in [0.5, 0.6) is 11.5 Å². The molecule has 0 radical (unpaired) electrons. The molecule has 0 aliphatic carbocycles. The van der Waals surface area contributed by atoms with Gasteiger partial charge < -0.3 is 14.3 Å². The van der Waals surface area contributed by atoms with E-state index < -0.39 is 11.5 Å². The molecular formula is C25H21ClO4. The summed E-state index contributed by atoms with van der Waals surface area (Å²) in [6, 6.07) is 21.8. The fourth-order valence-corrected chi connectivity index (χ4v) is 4.21. The van der Waals surface area contributed by atoms with E-state index in [1.165, 1.54) is 0 Å². The van der Waals surface area contributed by atoms with Gasteiger partial charge in [-0.2, -0.15) is 0 Å². The van der Waals surface area contributed by atoms with Crippen LogP contribution in [0.2, 0.25) is 5.02 Å². The average molecular weight is 421 g/mol. The molecule has 3 aromatic rings. The summed E-state index contributed by atoms with van der Waals surface area (Å²) in [5.74, 6) is 0.390. The first kappa shape index (κ1) is 20.2. The number of Topliss-reactive ketones (excluding diaryl/α,β-unsaturated/α-hetero) is 1. The zero-order chi connectivity index (χ0) is 21.1. The number of ketones is 1. The molecule has 0 amide bonds. The quantitative estimate of drug-likeness (QED) is 0.468. The first-order valence-electron chi connectivity index (χ1n) is 9.85. The first-order valence-corrected chi connectivity index (χ1v) is 10.2. The maximum atomic E-state index is 13.8. The van der Waals surface area contributed by atoms with E-state index >= 15 is 0 Å². The van der Waals surface area contributed by atoms with Gasteiger partial charge in [0, 0.05) is 29.0 Å². The SMILES string of the molecule is CCOc1ccc2c(c1)OC(c1ccc(Cl)cc1)(C(CC=O)c1ccccc1)C2=O. The smallest absolute Gasteiger partial charge is 0.215 e. The number of carbonyl (C=O) groups excluding carboxylic acids is 2. The molecule has 4 nitrogen and oxygen atoms in total. The number of halogens is 1. The molecule has 4 rings (SSSR count). The van der Waals surface area contributed by atoms with Gasteiger partial charge in [0.05, 0.1) is 12.2 Å². The fraction of sp³-hybridized carbons (Fsp3) is 0.200. The second-order valence-electron chi connectivity index (χ2n) is 7.13. The van der Waals surface area contributed by atoms with Crippen molar-refractivity contribution >= 4 is 23.7 Å². The molecule has 0 fully saturated rings. The van der Waals surface area contributed by atoms with Crippen molar-refractivity contribution in [1.29, 1.82) is 0 Å². The fourth-order valence-electron chi connectivity index (χ4n) is 4.09. The zero-order valence-corrected chi connectivity index (χ0v) is 17.3. The highest BCUT2D eigenvalue weighted by Gasteiger charge is 2.55. The summed E-state index contributed by atoms with van der Waals surface area (Å²) >= 11 is 6.10. The molecule has 0 saturated heterocycles. The van der Waals surface area contributed by atoms with Crippen LogP contribution in [0, 0.1) is 0 Å². The number of hydrogen-bond acceptors (Lipinski definition) is 4. The van der Waals surface area contributed by atoms with Crippen molar-refractivity contribution in [3.63, 3.8) is 0 Å². The Morgan fingerprint density at radius 3 is 2.47 bits per heavy atom. The number of benzene rings is 3. The molecule has 0 bridgehead atoms. The number of hydrogen-bond donors (Lipinski definition) is 0. The molecule has 2 unspecified atom stereocenters. The lowest BCUT2D eigenvalue weighted by Crippen LogP contribution is -2.43. The number of rotatable bonds is 7. The Morgan fingerprint density at radius 2 is 1.80 bits per heavy atom. The summed E-state index contributed by atoms with van der Waals surface area (Å²) < 4.78 is 12.0. The van der Waals surface area contributed by atoms with Crippen molar-refractivity contribution in [3.8, 4) is 11.5 Å². The van der Waals surface area contributed by atoms with Gasteiger partial charge in [-0.25, -0.2) is 0 Å². The van der Waals surface area contributed by atoms with Crippen LogP contribution in [0.4, 0.5) is 0 Å². The van der Waals surface area contributed by atoms with Crippen LogP contribution in [0.3, 0.4) is 0 Å². The first-order chi connectivity index (χ1) is 14.6.